The van der Waals surface area contributed by atoms with Gasteiger partial charge in [0.2, 0.25) is 5.89 Å². The summed E-state index contributed by atoms with van der Waals surface area (Å²) in [5.74, 6) is 0.0802. The Kier molecular flexibility index (Phi) is 2.99. The molecule has 0 saturated heterocycles. The van der Waals surface area contributed by atoms with Crippen molar-refractivity contribution in [1.29, 1.82) is 0 Å². The third kappa shape index (κ3) is 2.05. The van der Waals surface area contributed by atoms with Crippen LogP contribution in [0, 0.1) is 10.1 Å². The first kappa shape index (κ1) is 12.4. The number of H-pyrrole nitrogens is 1. The topological polar surface area (TPSA) is 124 Å². The molecular weight excluding hydrogens is 332 g/mol. The number of halogens is 1. The molecule has 0 spiro atoms. The largest absolute Gasteiger partial charge is 0.414 e. The molecule has 0 radical (unpaired) electrons. The quantitative estimate of drug-likeness (QED) is 0.574. The second-order valence-corrected chi connectivity index (χ2v) is 4.43. The van der Waals surface area contributed by atoms with E-state index in [2.05, 4.69) is 41.3 Å². The Morgan fingerprint density at radius 3 is 2.60 bits per heavy atom. The van der Waals surface area contributed by atoms with Gasteiger partial charge in [0, 0.05) is 18.0 Å². The van der Waals surface area contributed by atoms with Crippen molar-refractivity contribution < 1.29 is 9.34 Å². The molecule has 3 heterocycles. The standard InChI is InChI=1S/C10H5BrN6O3/c11-6-7(13-14-8(6)17(18)19)10-16-15-9(20-10)5-1-3-12-4-2-5/h1-4H,(H,13,14). The molecule has 0 fully saturated rings. The van der Waals surface area contributed by atoms with Crippen molar-refractivity contribution in [3.05, 3.63) is 39.1 Å². The summed E-state index contributed by atoms with van der Waals surface area (Å²) >= 11 is 3.08. The first-order chi connectivity index (χ1) is 9.66. The number of nitrogens with one attached hydrogen (secondary N) is 1. The first-order valence-electron chi connectivity index (χ1n) is 5.29. The summed E-state index contributed by atoms with van der Waals surface area (Å²) in [6, 6.07) is 3.42. The molecule has 20 heavy (non-hydrogen) atoms. The highest BCUT2D eigenvalue weighted by Crippen LogP contribution is 2.33. The minimum atomic E-state index is -0.596. The van der Waals surface area contributed by atoms with Crippen molar-refractivity contribution in [3.8, 4) is 23.0 Å². The van der Waals surface area contributed by atoms with Gasteiger partial charge in [-0.05, 0) is 33.0 Å². The van der Waals surface area contributed by atoms with Crippen molar-refractivity contribution >= 4 is 21.7 Å². The molecule has 0 unspecified atom stereocenters. The maximum atomic E-state index is 10.7. The highest BCUT2D eigenvalue weighted by atomic mass is 79.9. The summed E-state index contributed by atoms with van der Waals surface area (Å²) < 4.78 is 5.60. The zero-order valence-electron chi connectivity index (χ0n) is 9.65. The Hall–Kier alpha value is -2.62. The van der Waals surface area contributed by atoms with E-state index in [0.717, 1.165) is 0 Å². The normalized spacial score (nSPS) is 10.7. The minimum Gasteiger partial charge on any atom is -0.414 e. The Balaban J connectivity index is 2.01. The van der Waals surface area contributed by atoms with Crippen LogP contribution >= 0.6 is 15.9 Å². The van der Waals surface area contributed by atoms with Crippen LogP contribution in [0.4, 0.5) is 5.82 Å². The van der Waals surface area contributed by atoms with E-state index in [1.165, 1.54) is 0 Å². The highest BCUT2D eigenvalue weighted by Gasteiger charge is 2.24. The van der Waals surface area contributed by atoms with Crippen molar-refractivity contribution in [1.82, 2.24) is 25.4 Å². The predicted molar refractivity (Wildman–Crippen MR) is 69.5 cm³/mol. The summed E-state index contributed by atoms with van der Waals surface area (Å²) in [5, 5.41) is 24.5. The number of hydrogen-bond acceptors (Lipinski definition) is 7. The van der Waals surface area contributed by atoms with Gasteiger partial charge >= 0.3 is 5.82 Å². The van der Waals surface area contributed by atoms with Crippen LogP contribution in [0.15, 0.2) is 33.4 Å². The van der Waals surface area contributed by atoms with Crippen LogP contribution in [0.3, 0.4) is 0 Å². The summed E-state index contributed by atoms with van der Waals surface area (Å²) in [7, 11) is 0. The molecule has 0 bridgehead atoms. The zero-order chi connectivity index (χ0) is 14.1. The number of aromatic amines is 1. The van der Waals surface area contributed by atoms with E-state index >= 15 is 0 Å². The number of nitrogens with zero attached hydrogens (tertiary/aromatic N) is 5. The van der Waals surface area contributed by atoms with Gasteiger partial charge in [0.05, 0.1) is 0 Å². The van der Waals surface area contributed by atoms with E-state index in [0.29, 0.717) is 5.56 Å². The van der Waals surface area contributed by atoms with Crippen molar-refractivity contribution in [2.75, 3.05) is 0 Å². The molecule has 3 aromatic rings. The Labute approximate surface area is 119 Å². The number of pyridine rings is 1. The van der Waals surface area contributed by atoms with E-state index in [9.17, 15) is 10.1 Å². The van der Waals surface area contributed by atoms with Gasteiger partial charge < -0.3 is 14.5 Å². The van der Waals surface area contributed by atoms with Gasteiger partial charge in [0.1, 0.15) is 4.47 Å². The van der Waals surface area contributed by atoms with Gasteiger partial charge in [-0.3, -0.25) is 4.98 Å². The van der Waals surface area contributed by atoms with Gasteiger partial charge in [-0.1, -0.05) is 5.10 Å². The molecule has 10 heteroatoms. The molecule has 0 aliphatic rings. The Bertz CT molecular complexity index is 768. The zero-order valence-corrected chi connectivity index (χ0v) is 11.2. The summed E-state index contributed by atoms with van der Waals surface area (Å²) in [6.45, 7) is 0. The predicted octanol–water partition coefficient (Wildman–Crippen LogP) is 2.19. The molecule has 3 rings (SSSR count). The van der Waals surface area contributed by atoms with Crippen LogP contribution in [-0.2, 0) is 0 Å². The molecule has 0 aliphatic heterocycles. The van der Waals surface area contributed by atoms with Crippen molar-refractivity contribution in [2.24, 2.45) is 0 Å². The Morgan fingerprint density at radius 1 is 1.25 bits per heavy atom. The average molecular weight is 337 g/mol. The van der Waals surface area contributed by atoms with E-state index in [-0.39, 0.29) is 27.8 Å². The molecule has 0 aliphatic carbocycles. The fraction of sp³-hybridized carbons (Fsp3) is 0. The second kappa shape index (κ2) is 4.81. The lowest BCUT2D eigenvalue weighted by Gasteiger charge is -1.91. The smallest absolute Gasteiger partial charge is 0.357 e. The molecule has 3 aromatic heterocycles. The van der Waals surface area contributed by atoms with Gasteiger partial charge in [-0.15, -0.1) is 15.3 Å². The summed E-state index contributed by atoms with van der Waals surface area (Å²) in [4.78, 5) is 14.0. The van der Waals surface area contributed by atoms with Crippen molar-refractivity contribution in [2.45, 2.75) is 0 Å². The van der Waals surface area contributed by atoms with Crippen LogP contribution in [0.5, 0.6) is 0 Å². The highest BCUT2D eigenvalue weighted by molar-refractivity contribution is 9.10. The van der Waals surface area contributed by atoms with Crippen LogP contribution in [-0.4, -0.2) is 30.3 Å². The maximum absolute atomic E-state index is 10.7. The van der Waals surface area contributed by atoms with E-state index < -0.39 is 4.92 Å². The number of aromatic nitrogens is 5. The molecule has 0 amide bonds. The third-order valence-electron chi connectivity index (χ3n) is 2.43. The SMILES string of the molecule is O=[N+]([O-])c1[nH]nc(-c2nnc(-c3ccncc3)o2)c1Br. The lowest BCUT2D eigenvalue weighted by molar-refractivity contribution is -0.390. The molecular formula is C10H5BrN6O3. The fourth-order valence-electron chi connectivity index (χ4n) is 1.51. The molecule has 9 nitrogen and oxygen atoms in total. The van der Waals surface area contributed by atoms with Crippen LogP contribution in [0.25, 0.3) is 23.0 Å². The van der Waals surface area contributed by atoms with Crippen LogP contribution in [0.2, 0.25) is 0 Å². The molecule has 100 valence electrons. The number of hydrogen-bond donors (Lipinski definition) is 1. The molecule has 0 aromatic carbocycles. The second-order valence-electron chi connectivity index (χ2n) is 3.64. The molecule has 0 atom stereocenters. The van der Waals surface area contributed by atoms with Gasteiger partial charge in [0.25, 0.3) is 5.89 Å². The minimum absolute atomic E-state index is 0.0769. The van der Waals surface area contributed by atoms with E-state index in [1.54, 1.807) is 24.5 Å². The van der Waals surface area contributed by atoms with E-state index in [1.807, 2.05) is 0 Å². The lowest BCUT2D eigenvalue weighted by atomic mass is 10.3. The molecule has 0 saturated carbocycles. The van der Waals surface area contributed by atoms with Gasteiger partial charge in [-0.25, -0.2) is 0 Å². The first-order valence-corrected chi connectivity index (χ1v) is 6.08. The third-order valence-corrected chi connectivity index (χ3v) is 3.18. The van der Waals surface area contributed by atoms with Crippen LogP contribution in [0.1, 0.15) is 0 Å². The van der Waals surface area contributed by atoms with E-state index in [4.69, 9.17) is 4.42 Å². The average Bonchev–Trinajstić information content (AvgIpc) is 3.06. The Morgan fingerprint density at radius 2 is 1.95 bits per heavy atom. The number of nitro groups is 1. The summed E-state index contributed by atoms with van der Waals surface area (Å²) in [6.07, 6.45) is 3.18. The van der Waals surface area contributed by atoms with Gasteiger partial charge in [0.15, 0.2) is 5.69 Å². The molecule has 1 N–H and O–H groups in total. The van der Waals surface area contributed by atoms with Crippen LogP contribution < -0.4 is 0 Å². The lowest BCUT2D eigenvalue weighted by Crippen LogP contribution is -1.87. The number of rotatable bonds is 3. The van der Waals surface area contributed by atoms with Crippen molar-refractivity contribution in [3.63, 3.8) is 0 Å². The monoisotopic (exact) mass is 336 g/mol. The van der Waals surface area contributed by atoms with Gasteiger partial charge in [-0.2, -0.15) is 0 Å². The summed E-state index contributed by atoms with van der Waals surface area (Å²) in [5.41, 5.74) is 0.879. The fourth-order valence-corrected chi connectivity index (χ4v) is 2.00. The maximum Gasteiger partial charge on any atom is 0.357 e.